The Morgan fingerprint density at radius 2 is 1.70 bits per heavy atom. The number of likely N-dealkylation sites (tertiary alicyclic amines) is 1. The van der Waals surface area contributed by atoms with E-state index in [-0.39, 0.29) is 19.4 Å². The number of hydrogen-bond donors (Lipinski definition) is 1. The fraction of sp³-hybridized carbons (Fsp3) is 0.515. The van der Waals surface area contributed by atoms with Gasteiger partial charge in [-0.1, -0.05) is 31.2 Å². The number of alkyl halides is 2. The van der Waals surface area contributed by atoms with E-state index in [1.165, 1.54) is 61.9 Å². The average Bonchev–Trinajstić information content (AvgIpc) is 3.74. The average molecular weight is 604 g/mol. The number of carbonyl (C=O) groups excluding carboxylic acids is 3. The van der Waals surface area contributed by atoms with E-state index in [4.69, 9.17) is 9.84 Å². The van der Waals surface area contributed by atoms with Gasteiger partial charge in [0.25, 0.3) is 0 Å². The second-order valence-corrected chi connectivity index (χ2v) is 11.3. The topological polar surface area (TPSA) is 110 Å². The second kappa shape index (κ2) is 16.1. The fourth-order valence-corrected chi connectivity index (χ4v) is 4.79. The van der Waals surface area contributed by atoms with Gasteiger partial charge in [0, 0.05) is 40.2 Å². The summed E-state index contributed by atoms with van der Waals surface area (Å²) in [6.45, 7) is 4.90. The number of ether oxygens (including phenoxy) is 2. The Bertz CT molecular complexity index is 1200. The minimum absolute atomic E-state index is 0. The SMILES string of the molecule is CC(CC(=O)C(C)(F)F)[C@H](Oc1ccc(C(=O)O)cc1)c1ccc(C2CC2)cc1.O=C1CCCO1.O=CN1CCCCC1.[HH]. The Labute approximate surface area is 252 Å². The van der Waals surface area contributed by atoms with Crippen molar-refractivity contribution in [2.75, 3.05) is 19.7 Å². The van der Waals surface area contributed by atoms with Crippen molar-refractivity contribution in [2.45, 2.75) is 83.2 Å². The molecule has 236 valence electrons. The number of ketones is 1. The highest BCUT2D eigenvalue weighted by molar-refractivity contribution is 5.87. The number of aromatic carboxylic acids is 1. The van der Waals surface area contributed by atoms with Gasteiger partial charge < -0.3 is 19.5 Å². The highest BCUT2D eigenvalue weighted by Crippen LogP contribution is 2.41. The molecular weight excluding hydrogens is 560 g/mol. The van der Waals surface area contributed by atoms with Gasteiger partial charge in [0.2, 0.25) is 12.2 Å². The predicted octanol–water partition coefficient (Wildman–Crippen LogP) is 6.83. The van der Waals surface area contributed by atoms with E-state index < -0.39 is 29.7 Å². The number of piperidine rings is 1. The Kier molecular flexibility index (Phi) is 12.6. The first kappa shape index (κ1) is 33.7. The van der Waals surface area contributed by atoms with Crippen LogP contribution in [0.15, 0.2) is 48.5 Å². The van der Waals surface area contributed by atoms with Gasteiger partial charge >= 0.3 is 17.9 Å². The lowest BCUT2D eigenvalue weighted by Gasteiger charge is -2.26. The Morgan fingerprint density at radius 3 is 2.12 bits per heavy atom. The smallest absolute Gasteiger partial charge is 0.335 e. The number of Topliss-reactive ketones (excluding diaryl/α,β-unsaturated/α-hetero) is 1. The first-order chi connectivity index (χ1) is 20.5. The van der Waals surface area contributed by atoms with E-state index in [1.54, 1.807) is 6.92 Å². The molecular formula is C33H43F2NO7. The number of rotatable bonds is 10. The molecule has 8 nitrogen and oxygen atoms in total. The Morgan fingerprint density at radius 1 is 1.07 bits per heavy atom. The normalized spacial score (nSPS) is 17.7. The van der Waals surface area contributed by atoms with Crippen LogP contribution in [-0.4, -0.2) is 59.8 Å². The van der Waals surface area contributed by atoms with Crippen LogP contribution in [0.2, 0.25) is 0 Å². The van der Waals surface area contributed by atoms with Crippen molar-refractivity contribution in [2.24, 2.45) is 5.92 Å². The highest BCUT2D eigenvalue weighted by atomic mass is 19.3. The van der Waals surface area contributed by atoms with Crippen LogP contribution in [0.1, 0.15) is 100 Å². The highest BCUT2D eigenvalue weighted by Gasteiger charge is 2.35. The van der Waals surface area contributed by atoms with Crippen molar-refractivity contribution >= 4 is 24.1 Å². The van der Waals surface area contributed by atoms with E-state index in [2.05, 4.69) is 4.74 Å². The lowest BCUT2D eigenvalue weighted by molar-refractivity contribution is -0.142. The summed E-state index contributed by atoms with van der Waals surface area (Å²) in [5.74, 6) is -5.12. The number of carboxylic acids is 1. The summed E-state index contributed by atoms with van der Waals surface area (Å²) in [5, 5.41) is 9.03. The van der Waals surface area contributed by atoms with Gasteiger partial charge in [-0.25, -0.2) is 4.79 Å². The van der Waals surface area contributed by atoms with Crippen LogP contribution in [-0.2, 0) is 19.1 Å². The summed E-state index contributed by atoms with van der Waals surface area (Å²) < 4.78 is 37.3. The molecule has 1 N–H and O–H groups in total. The molecule has 43 heavy (non-hydrogen) atoms. The Hall–Kier alpha value is -3.82. The maximum atomic E-state index is 13.4. The van der Waals surface area contributed by atoms with Crippen LogP contribution in [0, 0.1) is 5.92 Å². The molecule has 2 aromatic rings. The largest absolute Gasteiger partial charge is 0.485 e. The molecule has 0 spiro atoms. The molecule has 1 aliphatic carbocycles. The van der Waals surface area contributed by atoms with Crippen LogP contribution >= 0.6 is 0 Å². The molecule has 2 heterocycles. The molecule has 2 saturated heterocycles. The lowest BCUT2D eigenvalue weighted by Crippen LogP contribution is -2.29. The summed E-state index contributed by atoms with van der Waals surface area (Å²) in [6, 6.07) is 13.7. The van der Waals surface area contributed by atoms with E-state index in [0.717, 1.165) is 31.5 Å². The van der Waals surface area contributed by atoms with Crippen molar-refractivity contribution in [1.82, 2.24) is 4.90 Å². The number of benzene rings is 2. The number of halogens is 2. The second-order valence-electron chi connectivity index (χ2n) is 11.3. The van der Waals surface area contributed by atoms with Gasteiger partial charge in [-0.05, 0) is 79.8 Å². The maximum absolute atomic E-state index is 13.4. The van der Waals surface area contributed by atoms with Crippen molar-refractivity contribution in [1.29, 1.82) is 0 Å². The minimum Gasteiger partial charge on any atom is -0.485 e. The number of amides is 1. The third-order valence-electron chi connectivity index (χ3n) is 7.52. The van der Waals surface area contributed by atoms with E-state index in [0.29, 0.717) is 31.6 Å². The summed E-state index contributed by atoms with van der Waals surface area (Å²) in [7, 11) is 0. The van der Waals surface area contributed by atoms with Gasteiger partial charge in [0.1, 0.15) is 11.9 Å². The number of esters is 1. The lowest BCUT2D eigenvalue weighted by atomic mass is 9.90. The maximum Gasteiger partial charge on any atom is 0.335 e. The van der Waals surface area contributed by atoms with Gasteiger partial charge in [0.15, 0.2) is 0 Å². The molecule has 2 aromatic carbocycles. The van der Waals surface area contributed by atoms with Crippen LogP contribution in [0.5, 0.6) is 5.75 Å². The van der Waals surface area contributed by atoms with E-state index >= 15 is 0 Å². The zero-order chi connectivity index (χ0) is 31.4. The number of carboxylic acid groups (broad SMARTS) is 1. The molecule has 1 saturated carbocycles. The quantitative estimate of drug-likeness (QED) is 0.234. The molecule has 1 unspecified atom stereocenters. The molecule has 0 radical (unpaired) electrons. The number of hydrogen-bond acceptors (Lipinski definition) is 6. The van der Waals surface area contributed by atoms with Crippen molar-refractivity contribution < 1.29 is 44.0 Å². The summed E-state index contributed by atoms with van der Waals surface area (Å²) in [5.41, 5.74) is 2.15. The molecule has 3 aliphatic rings. The number of cyclic esters (lactones) is 1. The molecule has 2 aliphatic heterocycles. The van der Waals surface area contributed by atoms with Crippen LogP contribution in [0.25, 0.3) is 0 Å². The monoisotopic (exact) mass is 603 g/mol. The van der Waals surface area contributed by atoms with Crippen molar-refractivity contribution in [3.8, 4) is 5.75 Å². The number of nitrogens with zero attached hydrogens (tertiary/aromatic N) is 1. The molecule has 10 heteroatoms. The van der Waals surface area contributed by atoms with Gasteiger partial charge in [-0.2, -0.15) is 8.78 Å². The van der Waals surface area contributed by atoms with Crippen molar-refractivity contribution in [3.63, 3.8) is 0 Å². The van der Waals surface area contributed by atoms with Crippen LogP contribution in [0.4, 0.5) is 8.78 Å². The first-order valence-electron chi connectivity index (χ1n) is 14.8. The molecule has 3 fully saturated rings. The van der Waals surface area contributed by atoms with Gasteiger partial charge in [-0.3, -0.25) is 14.4 Å². The zero-order valence-electron chi connectivity index (χ0n) is 24.8. The minimum atomic E-state index is -3.39. The summed E-state index contributed by atoms with van der Waals surface area (Å²) in [4.78, 5) is 44.8. The van der Waals surface area contributed by atoms with E-state index in [9.17, 15) is 28.0 Å². The van der Waals surface area contributed by atoms with Gasteiger partial charge in [0.05, 0.1) is 12.2 Å². The molecule has 5 rings (SSSR count). The van der Waals surface area contributed by atoms with Crippen LogP contribution in [0.3, 0.4) is 0 Å². The predicted molar refractivity (Wildman–Crippen MR) is 158 cm³/mol. The Balaban J connectivity index is 0.000000367. The summed E-state index contributed by atoms with van der Waals surface area (Å²) >= 11 is 0. The zero-order valence-corrected chi connectivity index (χ0v) is 24.8. The van der Waals surface area contributed by atoms with Gasteiger partial charge in [-0.15, -0.1) is 0 Å². The fourth-order valence-electron chi connectivity index (χ4n) is 4.79. The first-order valence-corrected chi connectivity index (χ1v) is 14.8. The van der Waals surface area contributed by atoms with E-state index in [1.807, 2.05) is 29.2 Å². The standard InChI is InChI=1S/C23H24F2O4.C6H11NO.C4H6O2.H2/c1-14(13-20(26)23(2,24)25)21(17-7-5-16(6-8-17)15-3-4-15)29-19-11-9-18(10-12-19)22(27)28;8-6-7-4-2-1-3-5-7;5-4-2-1-3-6-4;/h5-12,14-15,21H,3-4,13H2,1-2H3,(H,27,28);6H,1-5H2;1-3H2;1H/t14?,21-;;;/m0.../s1. The molecule has 2 atom stereocenters. The summed E-state index contributed by atoms with van der Waals surface area (Å²) in [6.07, 6.45) is 7.56. The molecule has 0 bridgehead atoms. The molecule has 0 aromatic heterocycles. The molecule has 1 amide bonds. The van der Waals surface area contributed by atoms with Crippen LogP contribution < -0.4 is 4.74 Å². The third kappa shape index (κ3) is 11.4. The number of carbonyl (C=O) groups is 4. The van der Waals surface area contributed by atoms with Crippen molar-refractivity contribution in [3.05, 3.63) is 65.2 Å². The third-order valence-corrected chi connectivity index (χ3v) is 7.52.